The smallest absolute Gasteiger partial charge is 0.183 e. The maximum atomic E-state index is 5.89. The molecule has 2 atom stereocenters. The van der Waals surface area contributed by atoms with Gasteiger partial charge in [-0.05, 0) is 33.1 Å². The molecule has 0 fully saturated rings. The SMILES string of the molecule is CCOC(OCC)C(CC)OCCNOCC(CCCCNOCOC)NOCOC. The first-order valence-corrected chi connectivity index (χ1v) is 11.1. The van der Waals surface area contributed by atoms with Crippen LogP contribution in [0.3, 0.4) is 0 Å². The monoisotopic (exact) mass is 455 g/mol. The molecule has 11 nitrogen and oxygen atoms in total. The molecule has 188 valence electrons. The van der Waals surface area contributed by atoms with Gasteiger partial charge in [-0.15, -0.1) is 0 Å². The summed E-state index contributed by atoms with van der Waals surface area (Å²) in [5.74, 6) is 0. The van der Waals surface area contributed by atoms with Crippen LogP contribution in [0.1, 0.15) is 46.5 Å². The first kappa shape index (κ1) is 30.6. The van der Waals surface area contributed by atoms with Crippen LogP contribution in [0.2, 0.25) is 0 Å². The van der Waals surface area contributed by atoms with Crippen LogP contribution in [0.15, 0.2) is 0 Å². The third kappa shape index (κ3) is 18.8. The summed E-state index contributed by atoms with van der Waals surface area (Å²) in [4.78, 5) is 15.9. The average molecular weight is 456 g/mol. The molecule has 31 heavy (non-hydrogen) atoms. The van der Waals surface area contributed by atoms with E-state index in [1.165, 1.54) is 0 Å². The van der Waals surface area contributed by atoms with Crippen molar-refractivity contribution in [2.75, 3.05) is 67.3 Å². The minimum absolute atomic E-state index is 0.0205. The van der Waals surface area contributed by atoms with E-state index in [-0.39, 0.29) is 32.0 Å². The van der Waals surface area contributed by atoms with Gasteiger partial charge in [0.25, 0.3) is 0 Å². The van der Waals surface area contributed by atoms with Crippen LogP contribution < -0.4 is 16.4 Å². The van der Waals surface area contributed by atoms with E-state index in [4.69, 9.17) is 38.2 Å². The predicted molar refractivity (Wildman–Crippen MR) is 116 cm³/mol. The van der Waals surface area contributed by atoms with Gasteiger partial charge in [0, 0.05) is 40.5 Å². The Kier molecular flexibility index (Phi) is 23.9. The van der Waals surface area contributed by atoms with Crippen molar-refractivity contribution < 1.29 is 38.2 Å². The second-order valence-electron chi connectivity index (χ2n) is 6.61. The average Bonchev–Trinajstić information content (AvgIpc) is 2.77. The molecule has 3 N–H and O–H groups in total. The molecule has 0 saturated carbocycles. The van der Waals surface area contributed by atoms with Gasteiger partial charge in [-0.2, -0.15) is 11.0 Å². The van der Waals surface area contributed by atoms with Crippen molar-refractivity contribution >= 4 is 0 Å². The summed E-state index contributed by atoms with van der Waals surface area (Å²) in [6.07, 6.45) is 3.14. The van der Waals surface area contributed by atoms with E-state index in [1.807, 2.05) is 13.8 Å². The molecule has 0 aliphatic carbocycles. The van der Waals surface area contributed by atoms with Crippen LogP contribution in [-0.4, -0.2) is 85.8 Å². The largest absolute Gasteiger partial charge is 0.372 e. The van der Waals surface area contributed by atoms with E-state index in [1.54, 1.807) is 14.2 Å². The topological polar surface area (TPSA) is 110 Å². The van der Waals surface area contributed by atoms with Gasteiger partial charge < -0.3 is 23.7 Å². The van der Waals surface area contributed by atoms with Gasteiger partial charge in [0.05, 0.1) is 19.3 Å². The number of nitrogens with one attached hydrogen (secondary N) is 3. The number of ether oxygens (including phenoxy) is 5. The zero-order valence-electron chi connectivity index (χ0n) is 20.0. The Morgan fingerprint density at radius 3 is 2.06 bits per heavy atom. The molecule has 0 rings (SSSR count). The summed E-state index contributed by atoms with van der Waals surface area (Å²) >= 11 is 0. The maximum Gasteiger partial charge on any atom is 0.183 e. The number of hydrogen-bond acceptors (Lipinski definition) is 11. The Morgan fingerprint density at radius 1 is 0.742 bits per heavy atom. The third-order valence-corrected chi connectivity index (χ3v) is 4.08. The standard InChI is InChI=1S/C20H45N3O8/c1-6-19(20(26-7-2)27-8-3)28-14-13-22-29-15-18(23-31-17-25-5)11-9-10-12-21-30-16-24-4/h18-23H,6-17H2,1-5H3. The fraction of sp³-hybridized carbons (Fsp3) is 1.00. The van der Waals surface area contributed by atoms with Gasteiger partial charge in [-0.3, -0.25) is 14.5 Å². The molecule has 0 aromatic rings. The highest BCUT2D eigenvalue weighted by Gasteiger charge is 2.21. The lowest BCUT2D eigenvalue weighted by molar-refractivity contribution is -0.204. The molecule has 0 radical (unpaired) electrons. The molecular formula is C20H45N3O8. The Morgan fingerprint density at radius 2 is 1.42 bits per heavy atom. The van der Waals surface area contributed by atoms with E-state index in [0.29, 0.717) is 33.0 Å². The van der Waals surface area contributed by atoms with Crippen LogP contribution in [0.5, 0.6) is 0 Å². The Labute approximate surface area is 187 Å². The minimum atomic E-state index is -0.346. The Bertz CT molecular complexity index is 352. The number of methoxy groups -OCH3 is 2. The van der Waals surface area contributed by atoms with Gasteiger partial charge in [-0.1, -0.05) is 13.3 Å². The molecular weight excluding hydrogens is 410 g/mol. The molecule has 0 aliphatic rings. The van der Waals surface area contributed by atoms with E-state index >= 15 is 0 Å². The Hall–Kier alpha value is -0.440. The van der Waals surface area contributed by atoms with Gasteiger partial charge in [0.2, 0.25) is 0 Å². The van der Waals surface area contributed by atoms with Crippen LogP contribution in [0.25, 0.3) is 0 Å². The lowest BCUT2D eigenvalue weighted by Gasteiger charge is -2.26. The van der Waals surface area contributed by atoms with Gasteiger partial charge in [0.15, 0.2) is 19.9 Å². The van der Waals surface area contributed by atoms with Crippen molar-refractivity contribution in [3.63, 3.8) is 0 Å². The minimum Gasteiger partial charge on any atom is -0.372 e. The molecule has 0 bridgehead atoms. The fourth-order valence-corrected chi connectivity index (χ4v) is 2.61. The molecule has 0 heterocycles. The second kappa shape index (κ2) is 24.2. The van der Waals surface area contributed by atoms with Crippen LogP contribution in [0, 0.1) is 0 Å². The predicted octanol–water partition coefficient (Wildman–Crippen LogP) is 1.49. The summed E-state index contributed by atoms with van der Waals surface area (Å²) in [7, 11) is 3.16. The van der Waals surface area contributed by atoms with Crippen molar-refractivity contribution in [3.05, 3.63) is 0 Å². The lowest BCUT2D eigenvalue weighted by Crippen LogP contribution is -2.38. The number of unbranched alkanes of at least 4 members (excludes halogenated alkanes) is 1. The molecule has 0 aromatic carbocycles. The zero-order valence-corrected chi connectivity index (χ0v) is 20.0. The van der Waals surface area contributed by atoms with E-state index in [2.05, 4.69) is 23.4 Å². The quantitative estimate of drug-likeness (QED) is 0.106. The Balaban J connectivity index is 4.01. The summed E-state index contributed by atoms with van der Waals surface area (Å²) < 4.78 is 26.8. The van der Waals surface area contributed by atoms with Crippen molar-refractivity contribution in [3.8, 4) is 0 Å². The van der Waals surface area contributed by atoms with Gasteiger partial charge in [-0.25, -0.2) is 5.48 Å². The van der Waals surface area contributed by atoms with Gasteiger partial charge in [0.1, 0.15) is 6.10 Å². The summed E-state index contributed by atoms with van der Waals surface area (Å²) in [5, 5.41) is 0. The normalized spacial score (nSPS) is 13.7. The van der Waals surface area contributed by atoms with E-state index in [9.17, 15) is 0 Å². The lowest BCUT2D eigenvalue weighted by atomic mass is 10.1. The van der Waals surface area contributed by atoms with Crippen LogP contribution in [0.4, 0.5) is 0 Å². The molecule has 2 unspecified atom stereocenters. The molecule has 0 aliphatic heterocycles. The van der Waals surface area contributed by atoms with E-state index < -0.39 is 0 Å². The molecule has 0 saturated heterocycles. The summed E-state index contributed by atoms with van der Waals surface area (Å²) in [6, 6.07) is 0.0205. The fourth-order valence-electron chi connectivity index (χ4n) is 2.61. The highest BCUT2D eigenvalue weighted by molar-refractivity contribution is 4.62. The third-order valence-electron chi connectivity index (χ3n) is 4.08. The number of hydroxylamine groups is 3. The first-order valence-electron chi connectivity index (χ1n) is 11.1. The second-order valence-corrected chi connectivity index (χ2v) is 6.61. The van der Waals surface area contributed by atoms with Crippen molar-refractivity contribution in [2.24, 2.45) is 0 Å². The highest BCUT2D eigenvalue weighted by Crippen LogP contribution is 2.10. The molecule has 0 spiro atoms. The molecule has 0 aromatic heterocycles. The number of hydrogen-bond donors (Lipinski definition) is 3. The van der Waals surface area contributed by atoms with Crippen molar-refractivity contribution in [2.45, 2.75) is 64.9 Å². The zero-order chi connectivity index (χ0) is 23.0. The van der Waals surface area contributed by atoms with E-state index in [0.717, 1.165) is 32.2 Å². The number of rotatable bonds is 25. The molecule has 11 heteroatoms. The van der Waals surface area contributed by atoms with Crippen LogP contribution in [-0.2, 0) is 38.2 Å². The first-order chi connectivity index (χ1) is 15.2. The maximum absolute atomic E-state index is 5.89. The van der Waals surface area contributed by atoms with Crippen molar-refractivity contribution in [1.82, 2.24) is 16.4 Å². The molecule has 0 amide bonds. The van der Waals surface area contributed by atoms with Crippen molar-refractivity contribution in [1.29, 1.82) is 0 Å². The van der Waals surface area contributed by atoms with Crippen LogP contribution >= 0.6 is 0 Å². The highest BCUT2D eigenvalue weighted by atomic mass is 16.8. The summed E-state index contributed by atoms with van der Waals surface area (Å²) in [5.41, 5.74) is 8.75. The van der Waals surface area contributed by atoms with Gasteiger partial charge >= 0.3 is 0 Å². The summed E-state index contributed by atoms with van der Waals surface area (Å²) in [6.45, 7) is 9.73.